The van der Waals surface area contributed by atoms with E-state index in [9.17, 15) is 9.90 Å². The average Bonchev–Trinajstić information content (AvgIpc) is 2.56. The van der Waals surface area contributed by atoms with Crippen LogP contribution in [-0.4, -0.2) is 34.0 Å². The van der Waals surface area contributed by atoms with Crippen LogP contribution in [0.15, 0.2) is 48.7 Å². The second-order valence-electron chi connectivity index (χ2n) is 5.80. The zero-order valence-corrected chi connectivity index (χ0v) is 12.5. The molecule has 1 amide bonds. The van der Waals surface area contributed by atoms with Crippen molar-refractivity contribution in [1.82, 2.24) is 9.88 Å². The molecular formula is C18H20N2O2. The molecule has 0 bridgehead atoms. The first kappa shape index (κ1) is 14.6. The fourth-order valence-corrected chi connectivity index (χ4v) is 3.00. The number of likely N-dealkylation sites (tertiary alicyclic amines) is 1. The zero-order valence-electron chi connectivity index (χ0n) is 12.5. The Morgan fingerprint density at radius 2 is 1.86 bits per heavy atom. The number of hydrogen-bond acceptors (Lipinski definition) is 3. The summed E-state index contributed by atoms with van der Waals surface area (Å²) in [5.41, 5.74) is 1.51. The number of benzene rings is 1. The van der Waals surface area contributed by atoms with Crippen molar-refractivity contribution in [3.8, 4) is 5.75 Å². The smallest absolute Gasteiger partial charge is 0.276 e. The van der Waals surface area contributed by atoms with E-state index in [2.05, 4.69) is 29.2 Å². The number of piperidine rings is 1. The third-order valence-corrected chi connectivity index (χ3v) is 4.26. The maximum Gasteiger partial charge on any atom is 0.276 e. The van der Waals surface area contributed by atoms with Gasteiger partial charge in [0.25, 0.3) is 5.91 Å². The Hall–Kier alpha value is -2.36. The van der Waals surface area contributed by atoms with Crippen molar-refractivity contribution >= 4 is 5.91 Å². The van der Waals surface area contributed by atoms with Crippen LogP contribution in [0.1, 0.15) is 28.9 Å². The van der Waals surface area contributed by atoms with Gasteiger partial charge in [0.15, 0.2) is 5.69 Å². The Balaban J connectivity index is 1.58. The highest BCUT2D eigenvalue weighted by molar-refractivity contribution is 5.94. The summed E-state index contributed by atoms with van der Waals surface area (Å²) >= 11 is 0. The largest absolute Gasteiger partial charge is 0.505 e. The molecule has 0 atom stereocenters. The number of nitrogens with zero attached hydrogens (tertiary/aromatic N) is 2. The van der Waals surface area contributed by atoms with Gasteiger partial charge in [0, 0.05) is 19.3 Å². The highest BCUT2D eigenvalue weighted by Crippen LogP contribution is 2.24. The van der Waals surface area contributed by atoms with Crippen molar-refractivity contribution in [2.75, 3.05) is 13.1 Å². The maximum atomic E-state index is 12.4. The standard InChI is InChI=1S/C18H20N2O2/c21-16-7-4-10-19-17(16)18(22)20-11-8-15(9-12-20)13-14-5-2-1-3-6-14/h1-7,10,15,21H,8-9,11-13H2. The van der Waals surface area contributed by atoms with E-state index < -0.39 is 0 Å². The van der Waals surface area contributed by atoms with Crippen LogP contribution in [0.4, 0.5) is 0 Å². The summed E-state index contributed by atoms with van der Waals surface area (Å²) in [6.07, 6.45) is 4.59. The zero-order chi connectivity index (χ0) is 15.4. The minimum absolute atomic E-state index is 0.0427. The van der Waals surface area contributed by atoms with Gasteiger partial charge in [-0.3, -0.25) is 4.79 Å². The van der Waals surface area contributed by atoms with Gasteiger partial charge >= 0.3 is 0 Å². The van der Waals surface area contributed by atoms with E-state index in [1.54, 1.807) is 11.0 Å². The molecule has 1 saturated heterocycles. The van der Waals surface area contributed by atoms with Gasteiger partial charge in [-0.1, -0.05) is 30.3 Å². The van der Waals surface area contributed by atoms with Gasteiger partial charge in [-0.25, -0.2) is 4.98 Å². The molecular weight excluding hydrogens is 276 g/mol. The summed E-state index contributed by atoms with van der Waals surface area (Å²) in [5.74, 6) is 0.402. The Labute approximate surface area is 130 Å². The van der Waals surface area contributed by atoms with Crippen molar-refractivity contribution < 1.29 is 9.90 Å². The summed E-state index contributed by atoms with van der Waals surface area (Å²) in [6.45, 7) is 1.46. The van der Waals surface area contributed by atoms with Crippen LogP contribution in [0.2, 0.25) is 0 Å². The molecule has 4 nitrogen and oxygen atoms in total. The van der Waals surface area contributed by atoms with Crippen molar-refractivity contribution in [1.29, 1.82) is 0 Å². The molecule has 1 fully saturated rings. The number of aromatic hydroxyl groups is 1. The van der Waals surface area contributed by atoms with E-state index in [1.165, 1.54) is 17.8 Å². The van der Waals surface area contributed by atoms with E-state index in [1.807, 2.05) is 6.07 Å². The Bertz CT molecular complexity index is 635. The lowest BCUT2D eigenvalue weighted by molar-refractivity contribution is 0.0681. The summed E-state index contributed by atoms with van der Waals surface area (Å²) in [6, 6.07) is 13.6. The highest BCUT2D eigenvalue weighted by Gasteiger charge is 2.25. The van der Waals surface area contributed by atoms with Crippen LogP contribution in [0, 0.1) is 5.92 Å². The van der Waals surface area contributed by atoms with Crippen molar-refractivity contribution in [2.45, 2.75) is 19.3 Å². The van der Waals surface area contributed by atoms with Crippen molar-refractivity contribution in [3.63, 3.8) is 0 Å². The van der Waals surface area contributed by atoms with Crippen LogP contribution in [0.25, 0.3) is 0 Å². The minimum Gasteiger partial charge on any atom is -0.505 e. The van der Waals surface area contributed by atoms with E-state index >= 15 is 0 Å². The SMILES string of the molecule is O=C(c1ncccc1O)N1CCC(Cc2ccccc2)CC1. The summed E-state index contributed by atoms with van der Waals surface area (Å²) in [5, 5.41) is 9.75. The normalized spacial score (nSPS) is 15.7. The number of amides is 1. The second kappa shape index (κ2) is 6.60. The molecule has 3 rings (SSSR count). The molecule has 0 spiro atoms. The lowest BCUT2D eigenvalue weighted by Gasteiger charge is -2.32. The first-order valence-corrected chi connectivity index (χ1v) is 7.71. The van der Waals surface area contributed by atoms with Gasteiger partial charge in [-0.2, -0.15) is 0 Å². The number of hydrogen-bond donors (Lipinski definition) is 1. The number of carbonyl (C=O) groups is 1. The predicted molar refractivity (Wildman–Crippen MR) is 84.7 cm³/mol. The molecule has 22 heavy (non-hydrogen) atoms. The number of pyridine rings is 1. The summed E-state index contributed by atoms with van der Waals surface area (Å²) < 4.78 is 0. The van der Waals surface area contributed by atoms with Crippen molar-refractivity contribution in [3.05, 3.63) is 59.9 Å². The Kier molecular flexibility index (Phi) is 4.37. The fraction of sp³-hybridized carbons (Fsp3) is 0.333. The van der Waals surface area contributed by atoms with Crippen molar-refractivity contribution in [2.24, 2.45) is 5.92 Å². The Morgan fingerprint density at radius 1 is 1.14 bits per heavy atom. The molecule has 0 saturated carbocycles. The molecule has 4 heteroatoms. The molecule has 0 unspecified atom stereocenters. The lowest BCUT2D eigenvalue weighted by Crippen LogP contribution is -2.39. The van der Waals surface area contributed by atoms with Gasteiger partial charge in [-0.05, 0) is 42.9 Å². The first-order chi connectivity index (χ1) is 10.7. The molecule has 1 aliphatic rings. The third kappa shape index (κ3) is 3.27. The average molecular weight is 296 g/mol. The predicted octanol–water partition coefficient (Wildman–Crippen LogP) is 2.88. The number of aromatic nitrogens is 1. The Morgan fingerprint density at radius 3 is 2.55 bits per heavy atom. The van der Waals surface area contributed by atoms with E-state index in [0.717, 1.165) is 32.4 Å². The molecule has 0 aliphatic carbocycles. The number of rotatable bonds is 3. The first-order valence-electron chi connectivity index (χ1n) is 7.71. The third-order valence-electron chi connectivity index (χ3n) is 4.26. The topological polar surface area (TPSA) is 53.4 Å². The minimum atomic E-state index is -0.170. The quantitative estimate of drug-likeness (QED) is 0.947. The second-order valence-corrected chi connectivity index (χ2v) is 5.80. The van der Waals surface area contributed by atoms with E-state index in [4.69, 9.17) is 0 Å². The van der Waals surface area contributed by atoms with Gasteiger partial charge in [0.1, 0.15) is 5.75 Å². The lowest BCUT2D eigenvalue weighted by atomic mass is 9.90. The van der Waals surface area contributed by atoms with Gasteiger partial charge < -0.3 is 10.0 Å². The van der Waals surface area contributed by atoms with E-state index in [-0.39, 0.29) is 17.4 Å². The van der Waals surface area contributed by atoms with Gasteiger partial charge in [-0.15, -0.1) is 0 Å². The molecule has 2 aromatic rings. The molecule has 1 aromatic carbocycles. The summed E-state index contributed by atoms with van der Waals surface area (Å²) in [4.78, 5) is 18.2. The van der Waals surface area contributed by atoms with Gasteiger partial charge in [0.2, 0.25) is 0 Å². The number of carbonyl (C=O) groups excluding carboxylic acids is 1. The van der Waals surface area contributed by atoms with Crippen LogP contribution in [0.5, 0.6) is 5.75 Å². The fourth-order valence-electron chi connectivity index (χ4n) is 3.00. The highest BCUT2D eigenvalue weighted by atomic mass is 16.3. The van der Waals surface area contributed by atoms with Crippen LogP contribution in [0.3, 0.4) is 0 Å². The van der Waals surface area contributed by atoms with Crippen LogP contribution in [-0.2, 0) is 6.42 Å². The molecule has 114 valence electrons. The molecule has 2 heterocycles. The van der Waals surface area contributed by atoms with Crippen LogP contribution >= 0.6 is 0 Å². The molecule has 1 aliphatic heterocycles. The van der Waals surface area contributed by atoms with Gasteiger partial charge in [0.05, 0.1) is 0 Å². The maximum absolute atomic E-state index is 12.4. The summed E-state index contributed by atoms with van der Waals surface area (Å²) in [7, 11) is 0. The molecule has 1 N–H and O–H groups in total. The monoisotopic (exact) mass is 296 g/mol. The van der Waals surface area contributed by atoms with Crippen LogP contribution < -0.4 is 0 Å². The van der Waals surface area contributed by atoms with E-state index in [0.29, 0.717) is 5.92 Å². The molecule has 1 aromatic heterocycles. The molecule has 0 radical (unpaired) electrons.